The molecule has 0 spiro atoms. The highest BCUT2D eigenvalue weighted by Crippen LogP contribution is 2.28. The second-order valence-electron chi connectivity index (χ2n) is 5.95. The van der Waals surface area contributed by atoms with Crippen molar-refractivity contribution in [2.75, 3.05) is 0 Å². The molecule has 0 saturated carbocycles. The third kappa shape index (κ3) is 4.51. The van der Waals surface area contributed by atoms with Gasteiger partial charge in [-0.2, -0.15) is 5.26 Å². The summed E-state index contributed by atoms with van der Waals surface area (Å²) >= 11 is 7.38. The van der Waals surface area contributed by atoms with Gasteiger partial charge in [0.2, 0.25) is 0 Å². The monoisotopic (exact) mass is 380 g/mol. The van der Waals surface area contributed by atoms with Crippen molar-refractivity contribution < 1.29 is 4.74 Å². The largest absolute Gasteiger partial charge is 0.491 e. The first-order valence-electron chi connectivity index (χ1n) is 8.15. The van der Waals surface area contributed by atoms with Gasteiger partial charge in [0, 0.05) is 16.0 Å². The molecule has 0 radical (unpaired) electrons. The summed E-state index contributed by atoms with van der Waals surface area (Å²) in [4.78, 5) is 4.60. The summed E-state index contributed by atoms with van der Waals surface area (Å²) in [6, 6.07) is 17.4. The minimum atomic E-state index is 0.102. The molecule has 26 heavy (non-hydrogen) atoms. The van der Waals surface area contributed by atoms with E-state index in [9.17, 15) is 5.26 Å². The van der Waals surface area contributed by atoms with Crippen LogP contribution in [-0.4, -0.2) is 11.1 Å². The number of rotatable bonds is 5. The highest BCUT2D eigenvalue weighted by atomic mass is 35.5. The van der Waals surface area contributed by atoms with Crippen molar-refractivity contribution in [2.45, 2.75) is 20.0 Å². The molecule has 0 bridgehead atoms. The minimum absolute atomic E-state index is 0.102. The van der Waals surface area contributed by atoms with E-state index < -0.39 is 0 Å². The standard InChI is InChI=1S/C21H17ClN2OS/c1-14(2)25-19-5-3-4-15(11-19)10-17(12-23)21-24-20(13-26-21)16-6-8-18(22)9-7-16/h3-11,13-14H,1-2H3/b17-10-. The van der Waals surface area contributed by atoms with Gasteiger partial charge in [-0.25, -0.2) is 4.98 Å². The van der Waals surface area contributed by atoms with Gasteiger partial charge in [-0.05, 0) is 49.8 Å². The summed E-state index contributed by atoms with van der Waals surface area (Å²) in [7, 11) is 0. The molecule has 0 atom stereocenters. The maximum atomic E-state index is 9.57. The van der Waals surface area contributed by atoms with Crippen molar-refractivity contribution in [1.82, 2.24) is 4.98 Å². The maximum absolute atomic E-state index is 9.57. The number of nitriles is 1. The average molecular weight is 381 g/mol. The smallest absolute Gasteiger partial charge is 0.134 e. The lowest BCUT2D eigenvalue weighted by atomic mass is 10.1. The molecule has 0 aliphatic heterocycles. The molecule has 0 aliphatic carbocycles. The summed E-state index contributed by atoms with van der Waals surface area (Å²) in [5.74, 6) is 0.784. The van der Waals surface area contributed by atoms with Gasteiger partial charge in [-0.15, -0.1) is 11.3 Å². The number of allylic oxidation sites excluding steroid dienone is 1. The molecule has 0 N–H and O–H groups in total. The Labute approximate surface area is 162 Å². The van der Waals surface area contributed by atoms with Crippen LogP contribution in [0.4, 0.5) is 0 Å². The molecule has 3 rings (SSSR count). The number of nitrogens with zero attached hydrogens (tertiary/aromatic N) is 2. The second kappa shape index (κ2) is 8.18. The molecule has 0 fully saturated rings. The van der Waals surface area contributed by atoms with Gasteiger partial charge in [0.1, 0.15) is 16.8 Å². The Bertz CT molecular complexity index is 968. The molecule has 0 amide bonds. The minimum Gasteiger partial charge on any atom is -0.491 e. The number of hydrogen-bond donors (Lipinski definition) is 0. The lowest BCUT2D eigenvalue weighted by Crippen LogP contribution is -2.05. The fourth-order valence-electron chi connectivity index (χ4n) is 2.41. The van der Waals surface area contributed by atoms with Gasteiger partial charge >= 0.3 is 0 Å². The molecule has 2 aromatic carbocycles. The van der Waals surface area contributed by atoms with Crippen molar-refractivity contribution >= 4 is 34.6 Å². The van der Waals surface area contributed by atoms with Crippen molar-refractivity contribution in [2.24, 2.45) is 0 Å². The van der Waals surface area contributed by atoms with Gasteiger partial charge < -0.3 is 4.74 Å². The van der Waals surface area contributed by atoms with E-state index in [1.54, 1.807) is 0 Å². The topological polar surface area (TPSA) is 45.9 Å². The first-order valence-corrected chi connectivity index (χ1v) is 9.41. The van der Waals surface area contributed by atoms with Crippen LogP contribution in [0.25, 0.3) is 22.9 Å². The number of hydrogen-bond acceptors (Lipinski definition) is 4. The van der Waals surface area contributed by atoms with E-state index >= 15 is 0 Å². The first kappa shape index (κ1) is 18.2. The van der Waals surface area contributed by atoms with Crippen LogP contribution >= 0.6 is 22.9 Å². The summed E-state index contributed by atoms with van der Waals surface area (Å²) in [5, 5.41) is 12.9. The molecule has 0 saturated heterocycles. The molecular weight excluding hydrogens is 364 g/mol. The van der Waals surface area contributed by atoms with Crippen LogP contribution in [0.15, 0.2) is 53.9 Å². The van der Waals surface area contributed by atoms with Gasteiger partial charge in [0.25, 0.3) is 0 Å². The van der Waals surface area contributed by atoms with E-state index in [4.69, 9.17) is 16.3 Å². The molecule has 0 aliphatic rings. The highest BCUT2D eigenvalue weighted by Gasteiger charge is 2.09. The lowest BCUT2D eigenvalue weighted by Gasteiger charge is -2.09. The van der Waals surface area contributed by atoms with Crippen LogP contribution in [0.2, 0.25) is 5.02 Å². The van der Waals surface area contributed by atoms with Gasteiger partial charge in [-0.1, -0.05) is 35.9 Å². The number of aromatic nitrogens is 1. The molecule has 5 heteroatoms. The number of benzene rings is 2. The summed E-state index contributed by atoms with van der Waals surface area (Å²) in [6.07, 6.45) is 1.93. The molecular formula is C21H17ClN2OS. The van der Waals surface area contributed by atoms with Crippen LogP contribution in [0.5, 0.6) is 5.75 Å². The molecule has 130 valence electrons. The Kier molecular flexibility index (Phi) is 5.72. The predicted molar refractivity (Wildman–Crippen MR) is 108 cm³/mol. The molecule has 0 unspecified atom stereocenters. The zero-order valence-electron chi connectivity index (χ0n) is 14.4. The Balaban J connectivity index is 1.89. The highest BCUT2D eigenvalue weighted by molar-refractivity contribution is 7.11. The first-order chi connectivity index (χ1) is 12.5. The van der Waals surface area contributed by atoms with E-state index in [0.29, 0.717) is 15.6 Å². The third-order valence-electron chi connectivity index (χ3n) is 3.54. The summed E-state index contributed by atoms with van der Waals surface area (Å²) in [6.45, 7) is 3.97. The Hall–Kier alpha value is -2.61. The number of ether oxygens (including phenoxy) is 1. The number of halogens is 1. The number of thiazole rings is 1. The Morgan fingerprint density at radius 3 is 2.69 bits per heavy atom. The van der Waals surface area contributed by atoms with Crippen LogP contribution in [0.1, 0.15) is 24.4 Å². The van der Waals surface area contributed by atoms with E-state index in [2.05, 4.69) is 11.1 Å². The SMILES string of the molecule is CC(C)Oc1cccc(/C=C(/C#N)c2nc(-c3ccc(Cl)cc3)cs2)c1. The lowest BCUT2D eigenvalue weighted by molar-refractivity contribution is 0.242. The fourth-order valence-corrected chi connectivity index (χ4v) is 3.33. The van der Waals surface area contributed by atoms with Gasteiger partial charge in [-0.3, -0.25) is 0 Å². The van der Waals surface area contributed by atoms with E-state index in [0.717, 1.165) is 22.6 Å². The zero-order chi connectivity index (χ0) is 18.5. The summed E-state index contributed by atoms with van der Waals surface area (Å²) < 4.78 is 5.71. The Morgan fingerprint density at radius 1 is 1.23 bits per heavy atom. The van der Waals surface area contributed by atoms with Crippen LogP contribution in [0, 0.1) is 11.3 Å². The third-order valence-corrected chi connectivity index (χ3v) is 4.66. The Morgan fingerprint density at radius 2 is 2.00 bits per heavy atom. The van der Waals surface area contributed by atoms with Gasteiger partial charge in [0.05, 0.1) is 17.4 Å². The second-order valence-corrected chi connectivity index (χ2v) is 7.25. The zero-order valence-corrected chi connectivity index (χ0v) is 16.0. The van der Waals surface area contributed by atoms with Crippen molar-refractivity contribution in [3.05, 3.63) is 69.5 Å². The summed E-state index contributed by atoms with van der Waals surface area (Å²) in [5.41, 5.74) is 3.24. The molecule has 3 aromatic rings. The van der Waals surface area contributed by atoms with E-state index in [1.807, 2.05) is 73.8 Å². The fraction of sp³-hybridized carbons (Fsp3) is 0.143. The predicted octanol–water partition coefficient (Wildman–Crippen LogP) is 6.31. The molecule has 3 nitrogen and oxygen atoms in total. The van der Waals surface area contributed by atoms with E-state index in [-0.39, 0.29) is 6.10 Å². The van der Waals surface area contributed by atoms with Crippen LogP contribution in [0.3, 0.4) is 0 Å². The molecule has 1 heterocycles. The van der Waals surface area contributed by atoms with Crippen LogP contribution < -0.4 is 4.74 Å². The van der Waals surface area contributed by atoms with E-state index in [1.165, 1.54) is 11.3 Å². The normalized spacial score (nSPS) is 11.4. The molecule has 1 aromatic heterocycles. The average Bonchev–Trinajstić information content (AvgIpc) is 3.10. The van der Waals surface area contributed by atoms with Crippen molar-refractivity contribution in [3.8, 4) is 23.1 Å². The van der Waals surface area contributed by atoms with Crippen molar-refractivity contribution in [1.29, 1.82) is 5.26 Å². The maximum Gasteiger partial charge on any atom is 0.134 e. The van der Waals surface area contributed by atoms with Crippen molar-refractivity contribution in [3.63, 3.8) is 0 Å². The quantitative estimate of drug-likeness (QED) is 0.487. The van der Waals surface area contributed by atoms with Crippen LogP contribution in [-0.2, 0) is 0 Å². The van der Waals surface area contributed by atoms with Gasteiger partial charge in [0.15, 0.2) is 0 Å².